The van der Waals surface area contributed by atoms with E-state index in [-0.39, 0.29) is 33.3 Å². The molecule has 0 aliphatic heterocycles. The topological polar surface area (TPSA) is 151 Å². The van der Waals surface area contributed by atoms with E-state index in [0.29, 0.717) is 16.7 Å². The summed E-state index contributed by atoms with van der Waals surface area (Å²) in [5.41, 5.74) is 5.15. The molecule has 2 amide bonds. The number of nitriles is 1. The molecule has 2 aromatic heterocycles. The van der Waals surface area contributed by atoms with Crippen LogP contribution < -0.4 is 16.2 Å². The predicted octanol–water partition coefficient (Wildman–Crippen LogP) is 3.51. The van der Waals surface area contributed by atoms with E-state index < -0.39 is 18.0 Å². The maximum Gasteiger partial charge on any atom is 0.429 e. The zero-order valence-electron chi connectivity index (χ0n) is 17.8. The molecule has 3 aromatic rings. The molecule has 0 radical (unpaired) electrons. The van der Waals surface area contributed by atoms with E-state index in [4.69, 9.17) is 16.3 Å². The third-order valence-corrected chi connectivity index (χ3v) is 5.01. The maximum atomic E-state index is 13.2. The van der Waals surface area contributed by atoms with Crippen LogP contribution in [0.5, 0.6) is 0 Å². The van der Waals surface area contributed by atoms with Gasteiger partial charge in [-0.15, -0.1) is 0 Å². The first-order valence-electron chi connectivity index (χ1n) is 9.72. The molecule has 0 fully saturated rings. The highest BCUT2D eigenvalue weighted by atomic mass is 79.9. The number of nitrogens with zero attached hydrogens (tertiary/aromatic N) is 4. The molecule has 0 saturated carbocycles. The van der Waals surface area contributed by atoms with Gasteiger partial charge in [0.25, 0.3) is 5.91 Å². The first kappa shape index (κ1) is 24.8. The second kappa shape index (κ2) is 10.9. The number of carbonyl (C=O) groups is 3. The number of carbonyl (C=O) groups excluding carboxylic acids is 3. The minimum Gasteiger partial charge on any atom is -0.372 e. The molecular weight excluding hydrogens is 530 g/mol. The number of rotatable bonds is 6. The highest BCUT2D eigenvalue weighted by molar-refractivity contribution is 9.10. The number of esters is 1. The van der Waals surface area contributed by atoms with E-state index in [1.165, 1.54) is 29.1 Å². The molecule has 0 atom stereocenters. The van der Waals surface area contributed by atoms with Crippen molar-refractivity contribution >= 4 is 51.2 Å². The number of hydrogen-bond acceptors (Lipinski definition) is 8. The molecule has 13 heteroatoms. The van der Waals surface area contributed by atoms with Gasteiger partial charge in [0, 0.05) is 18.8 Å². The van der Waals surface area contributed by atoms with Crippen LogP contribution in [0.15, 0.2) is 41.1 Å². The first-order chi connectivity index (χ1) is 16.2. The normalized spacial score (nSPS) is 10.3. The Labute approximate surface area is 207 Å². The zero-order chi connectivity index (χ0) is 24.8. The lowest BCUT2D eigenvalue weighted by atomic mass is 10.0. The van der Waals surface area contributed by atoms with E-state index in [0.717, 1.165) is 0 Å². The molecule has 2 heterocycles. The highest BCUT2D eigenvalue weighted by Crippen LogP contribution is 2.26. The summed E-state index contributed by atoms with van der Waals surface area (Å²) in [7, 11) is 0. The van der Waals surface area contributed by atoms with Crippen molar-refractivity contribution in [1.29, 1.82) is 5.26 Å². The number of ether oxygens (including phenoxy) is 1. The number of halogens is 2. The van der Waals surface area contributed by atoms with Crippen LogP contribution in [0.3, 0.4) is 0 Å². The number of hydrogen-bond donors (Lipinski definition) is 3. The summed E-state index contributed by atoms with van der Waals surface area (Å²) in [4.78, 5) is 41.9. The van der Waals surface area contributed by atoms with Gasteiger partial charge in [-0.3, -0.25) is 10.2 Å². The summed E-state index contributed by atoms with van der Waals surface area (Å²) in [6, 6.07) is 9.30. The number of anilines is 1. The molecule has 0 aliphatic carbocycles. The summed E-state index contributed by atoms with van der Waals surface area (Å²) in [6.45, 7) is 3.72. The molecule has 0 saturated heterocycles. The Morgan fingerprint density at radius 2 is 2.06 bits per heavy atom. The Balaban J connectivity index is 1.98. The summed E-state index contributed by atoms with van der Waals surface area (Å²) in [6.07, 6.45) is 0.450. The standard InChI is InChI=1S/C21H17BrClN7O4/c1-3-26-28-21(33)34-20(32)13-8-12(10-24)7-11(2)17(13)27-19(31)15-9-16(22)29-30(15)18-14(23)5-4-6-25-18/h4-9,26H,3H2,1-2H3,(H,27,31)(H,28,33). The number of pyridine rings is 1. The fourth-order valence-corrected chi connectivity index (χ4v) is 3.47. The van der Waals surface area contributed by atoms with Gasteiger partial charge in [0.2, 0.25) is 0 Å². The largest absolute Gasteiger partial charge is 0.429 e. The average molecular weight is 547 g/mol. The quantitative estimate of drug-likeness (QED) is 0.241. The number of aryl methyl sites for hydroxylation is 1. The van der Waals surface area contributed by atoms with Crippen LogP contribution in [0.25, 0.3) is 5.82 Å². The Hall–Kier alpha value is -3.79. The second-order valence-corrected chi connectivity index (χ2v) is 7.91. The molecular formula is C21H17BrClN7O4. The molecule has 34 heavy (non-hydrogen) atoms. The van der Waals surface area contributed by atoms with Gasteiger partial charge in [-0.2, -0.15) is 10.4 Å². The van der Waals surface area contributed by atoms with E-state index in [2.05, 4.69) is 42.2 Å². The number of nitrogens with one attached hydrogen (secondary N) is 3. The van der Waals surface area contributed by atoms with Crippen molar-refractivity contribution < 1.29 is 19.1 Å². The second-order valence-electron chi connectivity index (χ2n) is 6.69. The molecule has 0 aliphatic rings. The van der Waals surface area contributed by atoms with Crippen molar-refractivity contribution in [2.45, 2.75) is 13.8 Å². The zero-order valence-corrected chi connectivity index (χ0v) is 20.2. The van der Waals surface area contributed by atoms with Crippen LogP contribution in [0, 0.1) is 18.3 Å². The monoisotopic (exact) mass is 545 g/mol. The maximum absolute atomic E-state index is 13.2. The molecule has 174 valence electrons. The van der Waals surface area contributed by atoms with Crippen LogP contribution in [0.2, 0.25) is 5.02 Å². The minimum atomic E-state index is -1.06. The van der Waals surface area contributed by atoms with Crippen LogP contribution in [-0.4, -0.2) is 39.3 Å². The number of amides is 2. The predicted molar refractivity (Wildman–Crippen MR) is 126 cm³/mol. The fraction of sp³-hybridized carbons (Fsp3) is 0.143. The van der Waals surface area contributed by atoms with E-state index >= 15 is 0 Å². The Kier molecular flexibility index (Phi) is 7.95. The summed E-state index contributed by atoms with van der Waals surface area (Å²) >= 11 is 9.44. The lowest BCUT2D eigenvalue weighted by Gasteiger charge is -2.14. The Morgan fingerprint density at radius 1 is 1.29 bits per heavy atom. The van der Waals surface area contributed by atoms with Crippen molar-refractivity contribution in [3.63, 3.8) is 0 Å². The first-order valence-corrected chi connectivity index (χ1v) is 10.9. The van der Waals surface area contributed by atoms with Gasteiger partial charge in [0.1, 0.15) is 10.3 Å². The smallest absolute Gasteiger partial charge is 0.372 e. The van der Waals surface area contributed by atoms with Crippen LogP contribution in [-0.2, 0) is 4.74 Å². The van der Waals surface area contributed by atoms with Crippen LogP contribution >= 0.6 is 27.5 Å². The Bertz CT molecular complexity index is 1320. The molecule has 0 bridgehead atoms. The Morgan fingerprint density at radius 3 is 2.74 bits per heavy atom. The van der Waals surface area contributed by atoms with Gasteiger partial charge in [0.05, 0.1) is 27.9 Å². The minimum absolute atomic E-state index is 0.0560. The number of benzene rings is 1. The lowest BCUT2D eigenvalue weighted by molar-refractivity contribution is 0.0617. The van der Waals surface area contributed by atoms with Gasteiger partial charge in [0.15, 0.2) is 5.82 Å². The lowest BCUT2D eigenvalue weighted by Crippen LogP contribution is -2.38. The van der Waals surface area contributed by atoms with Crippen LogP contribution in [0.4, 0.5) is 10.5 Å². The third-order valence-electron chi connectivity index (χ3n) is 4.33. The van der Waals surface area contributed by atoms with Crippen LogP contribution in [0.1, 0.15) is 38.9 Å². The average Bonchev–Trinajstić information content (AvgIpc) is 3.20. The van der Waals surface area contributed by atoms with E-state index in [9.17, 15) is 19.6 Å². The molecule has 11 nitrogen and oxygen atoms in total. The van der Waals surface area contributed by atoms with Crippen molar-refractivity contribution in [2.75, 3.05) is 11.9 Å². The van der Waals surface area contributed by atoms with Gasteiger partial charge in [-0.25, -0.2) is 24.7 Å². The van der Waals surface area contributed by atoms with Crippen molar-refractivity contribution in [1.82, 2.24) is 25.6 Å². The molecule has 0 unspecified atom stereocenters. The van der Waals surface area contributed by atoms with Gasteiger partial charge < -0.3 is 10.1 Å². The molecule has 1 aromatic carbocycles. The van der Waals surface area contributed by atoms with E-state index in [1.54, 1.807) is 26.0 Å². The van der Waals surface area contributed by atoms with Gasteiger partial charge in [-0.1, -0.05) is 18.5 Å². The van der Waals surface area contributed by atoms with Crippen molar-refractivity contribution in [3.8, 4) is 11.9 Å². The SMILES string of the molecule is CCNNC(=O)OC(=O)c1cc(C#N)cc(C)c1NC(=O)c1cc(Br)nn1-c1ncccc1Cl. The fourth-order valence-electron chi connectivity index (χ4n) is 2.89. The summed E-state index contributed by atoms with van der Waals surface area (Å²) < 4.78 is 6.35. The summed E-state index contributed by atoms with van der Waals surface area (Å²) in [5.74, 6) is -1.50. The molecule has 3 rings (SSSR count). The van der Waals surface area contributed by atoms with E-state index in [1.807, 2.05) is 6.07 Å². The molecule has 0 spiro atoms. The number of aromatic nitrogens is 3. The van der Waals surface area contributed by atoms with Crippen molar-refractivity contribution in [2.24, 2.45) is 0 Å². The highest BCUT2D eigenvalue weighted by Gasteiger charge is 2.24. The van der Waals surface area contributed by atoms with Gasteiger partial charge >= 0.3 is 12.1 Å². The van der Waals surface area contributed by atoms with Gasteiger partial charge in [-0.05, 0) is 52.7 Å². The van der Waals surface area contributed by atoms with Crippen molar-refractivity contribution in [3.05, 3.63) is 68.5 Å². The molecule has 3 N–H and O–H groups in total. The third kappa shape index (κ3) is 5.57. The summed E-state index contributed by atoms with van der Waals surface area (Å²) in [5, 5.41) is 16.4. The number of hydrazine groups is 1.